The van der Waals surface area contributed by atoms with E-state index in [1.54, 1.807) is 6.92 Å². The lowest BCUT2D eigenvalue weighted by Gasteiger charge is -2.04. The first-order chi connectivity index (χ1) is 13.7. The van der Waals surface area contributed by atoms with Gasteiger partial charge in [-0.3, -0.25) is 0 Å². The fraction of sp³-hybridized carbons (Fsp3) is 0.885. The Kier molecular flexibility index (Phi) is 21.9. The molecule has 0 aliphatic carbocycles. The molecule has 1 N–H and O–H groups in total. The number of carboxylic acids is 1. The fourth-order valence-electron chi connectivity index (χ4n) is 3.81. The molecule has 0 aromatic heterocycles. The van der Waals surface area contributed by atoms with E-state index in [1.165, 1.54) is 122 Å². The van der Waals surface area contributed by atoms with E-state index in [0.29, 0.717) is 5.57 Å². The molecule has 2 heteroatoms. The molecule has 0 unspecified atom stereocenters. The minimum Gasteiger partial charge on any atom is -0.478 e. The lowest BCUT2D eigenvalue weighted by atomic mass is 10.0. The summed E-state index contributed by atoms with van der Waals surface area (Å²) in [4.78, 5) is 10.7. The molecule has 0 atom stereocenters. The minimum atomic E-state index is -0.784. The quantitative estimate of drug-likeness (QED) is 0.147. The van der Waals surface area contributed by atoms with Gasteiger partial charge in [-0.15, -0.1) is 0 Å². The van der Waals surface area contributed by atoms with Gasteiger partial charge in [0.15, 0.2) is 0 Å². The summed E-state index contributed by atoms with van der Waals surface area (Å²) in [7, 11) is 0. The van der Waals surface area contributed by atoms with Gasteiger partial charge >= 0.3 is 5.97 Å². The maximum Gasteiger partial charge on any atom is 0.330 e. The van der Waals surface area contributed by atoms with Crippen LogP contribution in [-0.2, 0) is 4.79 Å². The highest BCUT2D eigenvalue weighted by Crippen LogP contribution is 2.15. The van der Waals surface area contributed by atoms with Crippen molar-refractivity contribution in [2.24, 2.45) is 0 Å². The smallest absolute Gasteiger partial charge is 0.330 e. The highest BCUT2D eigenvalue weighted by molar-refractivity contribution is 5.85. The summed E-state index contributed by atoms with van der Waals surface area (Å²) < 4.78 is 0. The first-order valence-corrected chi connectivity index (χ1v) is 12.6. The third kappa shape index (κ3) is 21.5. The Morgan fingerprint density at radius 1 is 0.571 bits per heavy atom. The van der Waals surface area contributed by atoms with Crippen molar-refractivity contribution in [3.8, 4) is 0 Å². The van der Waals surface area contributed by atoms with Crippen LogP contribution in [0.25, 0.3) is 0 Å². The van der Waals surface area contributed by atoms with Crippen LogP contribution >= 0.6 is 0 Å². The van der Waals surface area contributed by atoms with Gasteiger partial charge in [-0.1, -0.05) is 135 Å². The van der Waals surface area contributed by atoms with Gasteiger partial charge in [0, 0.05) is 5.57 Å². The number of carboxylic acid groups (broad SMARTS) is 1. The van der Waals surface area contributed by atoms with Crippen molar-refractivity contribution in [1.29, 1.82) is 0 Å². The molecule has 0 saturated carbocycles. The maximum absolute atomic E-state index is 10.7. The SMILES string of the molecule is CCCCCCCCCCCCCCCCCCCCCC/C=C(\C)C(=O)O. The molecule has 0 saturated heterocycles. The Morgan fingerprint density at radius 2 is 0.857 bits per heavy atom. The van der Waals surface area contributed by atoms with Crippen molar-refractivity contribution in [2.45, 2.75) is 149 Å². The molecule has 28 heavy (non-hydrogen) atoms. The van der Waals surface area contributed by atoms with E-state index in [2.05, 4.69) is 6.92 Å². The maximum atomic E-state index is 10.7. The van der Waals surface area contributed by atoms with Crippen molar-refractivity contribution >= 4 is 5.97 Å². The number of hydrogen-bond acceptors (Lipinski definition) is 1. The summed E-state index contributed by atoms with van der Waals surface area (Å²) >= 11 is 0. The lowest BCUT2D eigenvalue weighted by Crippen LogP contribution is -1.95. The van der Waals surface area contributed by atoms with E-state index in [4.69, 9.17) is 5.11 Å². The first-order valence-electron chi connectivity index (χ1n) is 12.6. The molecule has 0 fully saturated rings. The topological polar surface area (TPSA) is 37.3 Å². The highest BCUT2D eigenvalue weighted by atomic mass is 16.4. The second-order valence-corrected chi connectivity index (χ2v) is 8.70. The summed E-state index contributed by atoms with van der Waals surface area (Å²) in [5.74, 6) is -0.784. The average molecular weight is 395 g/mol. The van der Waals surface area contributed by atoms with Crippen LogP contribution in [0.15, 0.2) is 11.6 Å². The molecule has 0 rings (SSSR count). The van der Waals surface area contributed by atoms with Crippen LogP contribution in [0, 0.1) is 0 Å². The summed E-state index contributed by atoms with van der Waals surface area (Å²) in [6.07, 6.45) is 30.7. The zero-order chi connectivity index (χ0) is 20.7. The van der Waals surface area contributed by atoms with Crippen molar-refractivity contribution < 1.29 is 9.90 Å². The minimum absolute atomic E-state index is 0.484. The van der Waals surface area contributed by atoms with Gasteiger partial charge in [0.2, 0.25) is 0 Å². The second kappa shape index (κ2) is 22.5. The number of allylic oxidation sites excluding steroid dienone is 1. The van der Waals surface area contributed by atoms with Crippen LogP contribution in [0.2, 0.25) is 0 Å². The van der Waals surface area contributed by atoms with E-state index in [9.17, 15) is 4.79 Å². The zero-order valence-electron chi connectivity index (χ0n) is 19.3. The molecular weight excluding hydrogens is 344 g/mol. The fourth-order valence-corrected chi connectivity index (χ4v) is 3.81. The number of aliphatic carboxylic acids is 1. The number of carbonyl (C=O) groups is 1. The van der Waals surface area contributed by atoms with Gasteiger partial charge in [0.25, 0.3) is 0 Å². The lowest BCUT2D eigenvalue weighted by molar-refractivity contribution is -0.132. The molecule has 2 nitrogen and oxygen atoms in total. The van der Waals surface area contributed by atoms with E-state index < -0.39 is 5.97 Å². The van der Waals surface area contributed by atoms with E-state index in [-0.39, 0.29) is 0 Å². The van der Waals surface area contributed by atoms with Crippen molar-refractivity contribution in [2.75, 3.05) is 0 Å². The largest absolute Gasteiger partial charge is 0.478 e. The van der Waals surface area contributed by atoms with E-state index in [1.807, 2.05) is 6.08 Å². The summed E-state index contributed by atoms with van der Waals surface area (Å²) in [6.45, 7) is 3.97. The van der Waals surface area contributed by atoms with E-state index >= 15 is 0 Å². The normalized spacial score (nSPS) is 11.9. The third-order valence-corrected chi connectivity index (χ3v) is 5.85. The summed E-state index contributed by atoms with van der Waals surface area (Å²) in [6, 6.07) is 0. The Hall–Kier alpha value is -0.790. The van der Waals surface area contributed by atoms with Crippen molar-refractivity contribution in [3.05, 3.63) is 11.6 Å². The Balaban J connectivity index is 3.09. The van der Waals surface area contributed by atoms with Gasteiger partial charge in [-0.25, -0.2) is 4.79 Å². The summed E-state index contributed by atoms with van der Waals surface area (Å²) in [5, 5.41) is 8.78. The third-order valence-electron chi connectivity index (χ3n) is 5.85. The van der Waals surface area contributed by atoms with Gasteiger partial charge in [-0.05, 0) is 19.8 Å². The molecule has 0 spiro atoms. The molecule has 0 aliphatic heterocycles. The Bertz CT molecular complexity index is 359. The predicted octanol–water partition coefficient (Wildman–Crippen LogP) is 9.23. The highest BCUT2D eigenvalue weighted by Gasteiger charge is 1.98. The molecule has 0 aliphatic rings. The standard InChI is InChI=1S/C26H50O2/c1-3-4-5-6-7-8-9-10-11-12-13-14-15-16-17-18-19-20-21-22-23-24-25(2)26(27)28/h24H,3-23H2,1-2H3,(H,27,28)/b25-24+. The molecule has 0 radical (unpaired) electrons. The van der Waals surface area contributed by atoms with Crippen molar-refractivity contribution in [1.82, 2.24) is 0 Å². The van der Waals surface area contributed by atoms with Crippen LogP contribution in [0.1, 0.15) is 149 Å². The van der Waals surface area contributed by atoms with Crippen LogP contribution in [0.5, 0.6) is 0 Å². The molecule has 0 aromatic carbocycles. The van der Waals surface area contributed by atoms with Crippen LogP contribution in [0.4, 0.5) is 0 Å². The Morgan fingerprint density at radius 3 is 1.14 bits per heavy atom. The van der Waals surface area contributed by atoms with Crippen LogP contribution < -0.4 is 0 Å². The van der Waals surface area contributed by atoms with E-state index in [0.717, 1.165) is 12.8 Å². The second-order valence-electron chi connectivity index (χ2n) is 8.70. The van der Waals surface area contributed by atoms with Crippen molar-refractivity contribution in [3.63, 3.8) is 0 Å². The monoisotopic (exact) mass is 394 g/mol. The summed E-state index contributed by atoms with van der Waals surface area (Å²) in [5.41, 5.74) is 0.484. The molecule has 0 bridgehead atoms. The van der Waals surface area contributed by atoms with Gasteiger partial charge < -0.3 is 5.11 Å². The van der Waals surface area contributed by atoms with Gasteiger partial charge in [-0.2, -0.15) is 0 Å². The molecule has 0 amide bonds. The zero-order valence-corrected chi connectivity index (χ0v) is 19.3. The Labute approximate surface area is 176 Å². The van der Waals surface area contributed by atoms with Gasteiger partial charge in [0.1, 0.15) is 0 Å². The van der Waals surface area contributed by atoms with Gasteiger partial charge in [0.05, 0.1) is 0 Å². The predicted molar refractivity (Wildman–Crippen MR) is 124 cm³/mol. The van der Waals surface area contributed by atoms with Crippen LogP contribution in [0.3, 0.4) is 0 Å². The molecular formula is C26H50O2. The number of unbranched alkanes of at least 4 members (excludes halogenated alkanes) is 20. The molecule has 0 heterocycles. The molecule has 0 aromatic rings. The number of rotatable bonds is 22. The number of hydrogen-bond donors (Lipinski definition) is 1. The average Bonchev–Trinajstić information content (AvgIpc) is 2.68. The first kappa shape index (κ1) is 27.2. The van der Waals surface area contributed by atoms with Crippen LogP contribution in [-0.4, -0.2) is 11.1 Å². The molecule has 166 valence electrons.